The zero-order chi connectivity index (χ0) is 26.4. The average molecular weight is 533 g/mol. The van der Waals surface area contributed by atoms with Crippen molar-refractivity contribution in [3.63, 3.8) is 0 Å². The Bertz CT molecular complexity index is 1990. The predicted octanol–water partition coefficient (Wildman–Crippen LogP) is 10.2. The van der Waals surface area contributed by atoms with Crippen molar-refractivity contribution < 1.29 is 9.47 Å². The fraction of sp³-hybridized carbons (Fsp3) is 0.0270. The van der Waals surface area contributed by atoms with Crippen LogP contribution in [-0.2, 0) is 5.41 Å². The Morgan fingerprint density at radius 1 is 0.400 bits per heavy atom. The molecule has 9 rings (SSSR count). The van der Waals surface area contributed by atoms with Gasteiger partial charge < -0.3 is 9.47 Å². The molecular formula is C37H21ClO2. The SMILES string of the molecule is Clc1cccc(-c2ccc3c(c2)Oc2cc4c(cc2O3)C2(c3ccccc3-c3ccccc32)c2ccccc2-4)c1. The van der Waals surface area contributed by atoms with E-state index in [4.69, 9.17) is 21.1 Å². The van der Waals surface area contributed by atoms with E-state index in [0.29, 0.717) is 16.5 Å². The van der Waals surface area contributed by atoms with Gasteiger partial charge in [-0.1, -0.05) is 103 Å². The predicted molar refractivity (Wildman–Crippen MR) is 160 cm³/mol. The van der Waals surface area contributed by atoms with Crippen LogP contribution in [-0.4, -0.2) is 0 Å². The number of rotatable bonds is 1. The van der Waals surface area contributed by atoms with Gasteiger partial charge in [-0.2, -0.15) is 0 Å². The molecule has 3 aliphatic rings. The van der Waals surface area contributed by atoms with Gasteiger partial charge in [0.05, 0.1) is 5.41 Å². The summed E-state index contributed by atoms with van der Waals surface area (Å²) >= 11 is 6.26. The van der Waals surface area contributed by atoms with Crippen LogP contribution in [0.3, 0.4) is 0 Å². The van der Waals surface area contributed by atoms with Crippen molar-refractivity contribution in [2.75, 3.05) is 0 Å². The summed E-state index contributed by atoms with van der Waals surface area (Å²) in [5.74, 6) is 2.86. The fourth-order valence-corrected chi connectivity index (χ4v) is 7.20. The molecule has 1 aliphatic heterocycles. The average Bonchev–Trinajstić information content (AvgIpc) is 3.45. The zero-order valence-corrected chi connectivity index (χ0v) is 22.1. The third-order valence-corrected chi connectivity index (χ3v) is 8.84. The molecule has 0 bridgehead atoms. The topological polar surface area (TPSA) is 18.5 Å². The van der Waals surface area contributed by atoms with E-state index in [9.17, 15) is 0 Å². The molecule has 0 saturated carbocycles. The van der Waals surface area contributed by atoms with Gasteiger partial charge in [0.25, 0.3) is 0 Å². The molecular weight excluding hydrogens is 512 g/mol. The Kier molecular flexibility index (Phi) is 4.35. The van der Waals surface area contributed by atoms with Crippen molar-refractivity contribution in [2.24, 2.45) is 0 Å². The fourth-order valence-electron chi connectivity index (χ4n) is 7.01. The standard InChI is InChI=1S/C37H21ClO2/c38-24-9-7-8-22(18-24)23-16-17-33-34(19-23)40-35-20-28-27-12-3-6-15-31(27)37(32(28)21-36(35)39-33)29-13-4-1-10-25(29)26-11-2-5-14-30(26)37/h1-21H. The van der Waals surface area contributed by atoms with Crippen molar-refractivity contribution in [3.8, 4) is 56.4 Å². The molecule has 0 radical (unpaired) electrons. The van der Waals surface area contributed by atoms with Gasteiger partial charge in [0, 0.05) is 5.02 Å². The molecule has 0 fully saturated rings. The molecule has 2 aliphatic carbocycles. The smallest absolute Gasteiger partial charge is 0.170 e. The third-order valence-electron chi connectivity index (χ3n) is 8.60. The minimum atomic E-state index is -0.409. The first-order valence-electron chi connectivity index (χ1n) is 13.5. The van der Waals surface area contributed by atoms with Crippen LogP contribution in [0.5, 0.6) is 23.0 Å². The molecule has 0 aromatic heterocycles. The summed E-state index contributed by atoms with van der Waals surface area (Å²) < 4.78 is 13.1. The summed E-state index contributed by atoms with van der Waals surface area (Å²) in [6, 6.07) is 44.7. The number of ether oxygens (including phenoxy) is 2. The second-order valence-corrected chi connectivity index (χ2v) is 11.0. The van der Waals surface area contributed by atoms with E-state index in [2.05, 4.69) is 84.9 Å². The molecule has 0 N–H and O–H groups in total. The normalized spacial score (nSPS) is 14.2. The van der Waals surface area contributed by atoms with Gasteiger partial charge in [-0.05, 0) is 92.0 Å². The first-order valence-corrected chi connectivity index (χ1v) is 13.8. The van der Waals surface area contributed by atoms with Crippen molar-refractivity contribution in [3.05, 3.63) is 155 Å². The van der Waals surface area contributed by atoms with E-state index >= 15 is 0 Å². The van der Waals surface area contributed by atoms with Crippen LogP contribution >= 0.6 is 11.6 Å². The Morgan fingerprint density at radius 3 is 1.62 bits per heavy atom. The molecule has 0 atom stereocenters. The number of halogens is 1. The van der Waals surface area contributed by atoms with Gasteiger partial charge in [0.1, 0.15) is 0 Å². The van der Waals surface area contributed by atoms with Crippen LogP contribution in [0.4, 0.5) is 0 Å². The van der Waals surface area contributed by atoms with Crippen molar-refractivity contribution in [1.29, 1.82) is 0 Å². The Hall–Kier alpha value is -4.79. The second-order valence-electron chi connectivity index (χ2n) is 10.6. The van der Waals surface area contributed by atoms with Gasteiger partial charge in [-0.15, -0.1) is 0 Å². The van der Waals surface area contributed by atoms with Crippen molar-refractivity contribution in [1.82, 2.24) is 0 Å². The van der Waals surface area contributed by atoms with Crippen LogP contribution in [0.2, 0.25) is 5.02 Å². The molecule has 3 heteroatoms. The highest BCUT2D eigenvalue weighted by Crippen LogP contribution is 2.64. The Balaban J connectivity index is 1.26. The van der Waals surface area contributed by atoms with Crippen LogP contribution in [0.25, 0.3) is 33.4 Å². The maximum Gasteiger partial charge on any atom is 0.170 e. The quantitative estimate of drug-likeness (QED) is 0.209. The molecule has 2 nitrogen and oxygen atoms in total. The first-order chi connectivity index (χ1) is 19.7. The van der Waals surface area contributed by atoms with Crippen molar-refractivity contribution in [2.45, 2.75) is 5.41 Å². The maximum absolute atomic E-state index is 6.54. The highest BCUT2D eigenvalue weighted by molar-refractivity contribution is 6.30. The lowest BCUT2D eigenvalue weighted by Gasteiger charge is -2.31. The zero-order valence-electron chi connectivity index (χ0n) is 21.3. The van der Waals surface area contributed by atoms with Crippen LogP contribution in [0.1, 0.15) is 22.3 Å². The van der Waals surface area contributed by atoms with Gasteiger partial charge >= 0.3 is 0 Å². The number of hydrogen-bond acceptors (Lipinski definition) is 2. The third kappa shape index (κ3) is 2.79. The lowest BCUT2D eigenvalue weighted by Crippen LogP contribution is -2.25. The first kappa shape index (κ1) is 22.1. The molecule has 6 aromatic carbocycles. The lowest BCUT2D eigenvalue weighted by atomic mass is 9.70. The maximum atomic E-state index is 6.54. The molecule has 0 amide bonds. The summed E-state index contributed by atoms with van der Waals surface area (Å²) in [6.07, 6.45) is 0. The molecule has 188 valence electrons. The van der Waals surface area contributed by atoms with Crippen LogP contribution in [0, 0.1) is 0 Å². The number of hydrogen-bond donors (Lipinski definition) is 0. The van der Waals surface area contributed by atoms with E-state index in [0.717, 1.165) is 22.6 Å². The molecule has 40 heavy (non-hydrogen) atoms. The van der Waals surface area contributed by atoms with Crippen molar-refractivity contribution >= 4 is 11.6 Å². The largest absolute Gasteiger partial charge is 0.450 e. The minimum Gasteiger partial charge on any atom is -0.450 e. The summed E-state index contributed by atoms with van der Waals surface area (Å²) in [5.41, 5.74) is 11.8. The van der Waals surface area contributed by atoms with Gasteiger partial charge in [-0.3, -0.25) is 0 Å². The van der Waals surface area contributed by atoms with Crippen LogP contribution < -0.4 is 9.47 Å². The molecule has 0 unspecified atom stereocenters. The summed E-state index contributed by atoms with van der Waals surface area (Å²) in [7, 11) is 0. The second kappa shape index (κ2) is 7.88. The van der Waals surface area contributed by atoms with E-state index in [1.165, 1.54) is 44.5 Å². The van der Waals surface area contributed by atoms with Crippen LogP contribution in [0.15, 0.2) is 127 Å². The summed E-state index contributed by atoms with van der Waals surface area (Å²) in [4.78, 5) is 0. The van der Waals surface area contributed by atoms with Gasteiger partial charge in [0.2, 0.25) is 0 Å². The Labute approximate surface area is 237 Å². The molecule has 1 spiro atoms. The van der Waals surface area contributed by atoms with E-state index in [1.54, 1.807) is 0 Å². The van der Waals surface area contributed by atoms with E-state index < -0.39 is 5.41 Å². The molecule has 6 aromatic rings. The lowest BCUT2D eigenvalue weighted by molar-refractivity contribution is 0.359. The molecule has 1 heterocycles. The van der Waals surface area contributed by atoms with Gasteiger partial charge in [0.15, 0.2) is 23.0 Å². The van der Waals surface area contributed by atoms with E-state index in [1.807, 2.05) is 42.5 Å². The van der Waals surface area contributed by atoms with Gasteiger partial charge in [-0.25, -0.2) is 0 Å². The number of benzene rings is 6. The summed E-state index contributed by atoms with van der Waals surface area (Å²) in [6.45, 7) is 0. The molecule has 0 saturated heterocycles. The van der Waals surface area contributed by atoms with E-state index in [-0.39, 0.29) is 0 Å². The number of fused-ring (bicyclic) bond motifs is 12. The Morgan fingerprint density at radius 2 is 0.950 bits per heavy atom. The summed E-state index contributed by atoms with van der Waals surface area (Å²) in [5, 5.41) is 0.705. The minimum absolute atomic E-state index is 0.409. The monoisotopic (exact) mass is 532 g/mol. The highest BCUT2D eigenvalue weighted by atomic mass is 35.5. The highest BCUT2D eigenvalue weighted by Gasteiger charge is 2.52.